The molecule has 128 valence electrons. The van der Waals surface area contributed by atoms with Gasteiger partial charge in [-0.2, -0.15) is 0 Å². The molecule has 1 aliphatic heterocycles. The van der Waals surface area contributed by atoms with Crippen molar-refractivity contribution in [2.45, 2.75) is 64.2 Å². The smallest absolute Gasteiger partial charge is 0.410 e. The molecule has 0 unspecified atom stereocenters. The molecule has 1 rings (SSSR count). The number of likely N-dealkylation sites (tertiary alicyclic amines) is 1. The van der Waals surface area contributed by atoms with E-state index in [4.69, 9.17) is 4.74 Å². The molecule has 22 heavy (non-hydrogen) atoms. The van der Waals surface area contributed by atoms with Gasteiger partial charge < -0.3 is 20.1 Å². The zero-order valence-corrected chi connectivity index (χ0v) is 15.2. The van der Waals surface area contributed by atoms with Crippen molar-refractivity contribution in [3.63, 3.8) is 0 Å². The molecule has 0 aromatic carbocycles. The van der Waals surface area contributed by atoms with Gasteiger partial charge in [-0.3, -0.25) is 4.79 Å². The monoisotopic (exact) mass is 378 g/mol. The third-order valence-corrected chi connectivity index (χ3v) is 3.92. The number of hydrogen-bond acceptors (Lipinski definition) is 4. The summed E-state index contributed by atoms with van der Waals surface area (Å²) in [6, 6.07) is -0.433. The quantitative estimate of drug-likeness (QED) is 0.566. The van der Waals surface area contributed by atoms with Crippen molar-refractivity contribution in [1.29, 1.82) is 0 Å². The highest BCUT2D eigenvalue weighted by atomic mass is 79.9. The van der Waals surface area contributed by atoms with Crippen LogP contribution in [0.15, 0.2) is 0 Å². The number of carbonyl (C=O) groups excluding carboxylic acids is 2. The van der Waals surface area contributed by atoms with Crippen molar-refractivity contribution in [2.24, 2.45) is 0 Å². The molecule has 7 heteroatoms. The lowest BCUT2D eigenvalue weighted by molar-refractivity contribution is -0.123. The number of halogens is 1. The number of alkyl halides is 1. The topological polar surface area (TPSA) is 78.9 Å². The first-order valence-electron chi connectivity index (χ1n) is 7.74. The van der Waals surface area contributed by atoms with Crippen LogP contribution in [0.4, 0.5) is 4.79 Å². The highest BCUT2D eigenvalue weighted by Gasteiger charge is 2.33. The first kappa shape index (κ1) is 19.2. The number of hydrogen-bond donors (Lipinski definition) is 2. The van der Waals surface area contributed by atoms with Crippen LogP contribution in [-0.4, -0.2) is 58.2 Å². The second-order valence-corrected chi connectivity index (χ2v) is 7.40. The number of rotatable bonds is 5. The third-order valence-electron chi connectivity index (χ3n) is 3.36. The molecule has 0 aromatic heterocycles. The first-order chi connectivity index (χ1) is 10.2. The second-order valence-electron chi connectivity index (χ2n) is 6.60. The molecule has 2 atom stereocenters. The zero-order chi connectivity index (χ0) is 16.8. The number of ether oxygens (including phenoxy) is 1. The van der Waals surface area contributed by atoms with Gasteiger partial charge in [-0.25, -0.2) is 4.79 Å². The van der Waals surface area contributed by atoms with Crippen molar-refractivity contribution < 1.29 is 19.4 Å². The van der Waals surface area contributed by atoms with Gasteiger partial charge in [-0.05, 0) is 40.0 Å². The Kier molecular flexibility index (Phi) is 7.62. The summed E-state index contributed by atoms with van der Waals surface area (Å²) in [5.41, 5.74) is -0.554. The van der Waals surface area contributed by atoms with Crippen LogP contribution >= 0.6 is 15.9 Å². The molecule has 0 spiro atoms. The normalized spacial score (nSPS) is 22.3. The van der Waals surface area contributed by atoms with Crippen LogP contribution in [0.2, 0.25) is 0 Å². The molecule has 0 saturated carbocycles. The average molecular weight is 379 g/mol. The van der Waals surface area contributed by atoms with E-state index in [2.05, 4.69) is 21.2 Å². The minimum Gasteiger partial charge on any atom is -0.444 e. The molecule has 0 aromatic rings. The molecule has 6 nitrogen and oxygen atoms in total. The minimum absolute atomic E-state index is 0.0870. The SMILES string of the molecule is CC(C)(C)OC(=O)N1CC[C@H](O)[C@@H](NC(=O)CCCCBr)C1. The van der Waals surface area contributed by atoms with E-state index in [0.717, 1.165) is 18.2 Å². The van der Waals surface area contributed by atoms with E-state index in [1.54, 1.807) is 4.90 Å². The predicted octanol–water partition coefficient (Wildman–Crippen LogP) is 2.04. The summed E-state index contributed by atoms with van der Waals surface area (Å²) in [4.78, 5) is 25.5. The highest BCUT2D eigenvalue weighted by molar-refractivity contribution is 9.09. The Balaban J connectivity index is 2.49. The number of amides is 2. The molecule has 1 fully saturated rings. The van der Waals surface area contributed by atoms with Gasteiger partial charge in [-0.1, -0.05) is 15.9 Å². The van der Waals surface area contributed by atoms with Crippen molar-refractivity contribution in [2.75, 3.05) is 18.4 Å². The molecule has 2 amide bonds. The standard InChI is InChI=1S/C15H27BrN2O4/c1-15(2,3)22-14(21)18-9-7-12(19)11(10-18)17-13(20)6-4-5-8-16/h11-12,19H,4-10H2,1-3H3,(H,17,20)/t11-,12-/m0/s1. The number of aliphatic hydroxyl groups is 1. The van der Waals surface area contributed by atoms with Crippen LogP contribution in [0.3, 0.4) is 0 Å². The summed E-state index contributed by atoms with van der Waals surface area (Å²) >= 11 is 3.33. The van der Waals surface area contributed by atoms with E-state index in [0.29, 0.717) is 19.4 Å². The lowest BCUT2D eigenvalue weighted by Gasteiger charge is -2.37. The fourth-order valence-electron chi connectivity index (χ4n) is 2.23. The van der Waals surface area contributed by atoms with Crippen LogP contribution in [0.5, 0.6) is 0 Å². The predicted molar refractivity (Wildman–Crippen MR) is 88.0 cm³/mol. The number of carbonyl (C=O) groups is 2. The molecule has 0 radical (unpaired) electrons. The van der Waals surface area contributed by atoms with Gasteiger partial charge in [0.25, 0.3) is 0 Å². The maximum Gasteiger partial charge on any atom is 0.410 e. The van der Waals surface area contributed by atoms with Gasteiger partial charge in [0.2, 0.25) is 5.91 Å². The Bertz CT molecular complexity index is 384. The zero-order valence-electron chi connectivity index (χ0n) is 13.6. The number of piperidine rings is 1. The van der Waals surface area contributed by atoms with Crippen LogP contribution in [0.1, 0.15) is 46.5 Å². The molecule has 0 bridgehead atoms. The van der Waals surface area contributed by atoms with Gasteiger partial charge in [0.05, 0.1) is 12.1 Å². The number of aliphatic hydroxyl groups excluding tert-OH is 1. The van der Waals surface area contributed by atoms with Crippen molar-refractivity contribution in [3.05, 3.63) is 0 Å². The van der Waals surface area contributed by atoms with Crippen LogP contribution in [0, 0.1) is 0 Å². The van der Waals surface area contributed by atoms with Crippen LogP contribution in [-0.2, 0) is 9.53 Å². The number of nitrogens with zero attached hydrogens (tertiary/aromatic N) is 1. The maximum atomic E-state index is 12.1. The van der Waals surface area contributed by atoms with Crippen molar-refractivity contribution in [1.82, 2.24) is 10.2 Å². The Labute approximate surface area is 140 Å². The lowest BCUT2D eigenvalue weighted by Crippen LogP contribution is -2.57. The van der Waals surface area contributed by atoms with Crippen LogP contribution in [0.25, 0.3) is 0 Å². The molecular formula is C15H27BrN2O4. The highest BCUT2D eigenvalue weighted by Crippen LogP contribution is 2.16. The Morgan fingerprint density at radius 2 is 2.05 bits per heavy atom. The van der Waals surface area contributed by atoms with E-state index in [9.17, 15) is 14.7 Å². The van der Waals surface area contributed by atoms with Gasteiger partial charge in [-0.15, -0.1) is 0 Å². The summed E-state index contributed by atoms with van der Waals surface area (Å²) in [5, 5.41) is 13.7. The molecule has 1 aliphatic rings. The van der Waals surface area contributed by atoms with Gasteiger partial charge >= 0.3 is 6.09 Å². The average Bonchev–Trinajstić information content (AvgIpc) is 2.39. The molecular weight excluding hydrogens is 352 g/mol. The van der Waals surface area contributed by atoms with Gasteiger partial charge in [0.15, 0.2) is 0 Å². The van der Waals surface area contributed by atoms with E-state index in [-0.39, 0.29) is 12.5 Å². The first-order valence-corrected chi connectivity index (χ1v) is 8.86. The van der Waals surface area contributed by atoms with Crippen molar-refractivity contribution in [3.8, 4) is 0 Å². The maximum absolute atomic E-state index is 12.1. The summed E-state index contributed by atoms with van der Waals surface area (Å²) in [6.45, 7) is 6.15. The Morgan fingerprint density at radius 3 is 2.64 bits per heavy atom. The molecule has 1 heterocycles. The molecule has 2 N–H and O–H groups in total. The second kappa shape index (κ2) is 8.72. The Morgan fingerprint density at radius 1 is 1.36 bits per heavy atom. The van der Waals surface area contributed by atoms with Crippen LogP contribution < -0.4 is 5.32 Å². The summed E-state index contributed by atoms with van der Waals surface area (Å²) in [7, 11) is 0. The van der Waals surface area contributed by atoms with E-state index >= 15 is 0 Å². The fourth-order valence-corrected chi connectivity index (χ4v) is 2.63. The third kappa shape index (κ3) is 6.96. The summed E-state index contributed by atoms with van der Waals surface area (Å²) in [5.74, 6) is -0.0870. The lowest BCUT2D eigenvalue weighted by atomic mass is 10.0. The summed E-state index contributed by atoms with van der Waals surface area (Å²) in [6.07, 6.45) is 1.57. The number of nitrogens with one attached hydrogen (secondary N) is 1. The van der Waals surface area contributed by atoms with Gasteiger partial charge in [0.1, 0.15) is 5.60 Å². The molecule has 0 aliphatic carbocycles. The Hall–Kier alpha value is -0.820. The molecule has 1 saturated heterocycles. The van der Waals surface area contributed by atoms with E-state index < -0.39 is 23.8 Å². The minimum atomic E-state index is -0.626. The summed E-state index contributed by atoms with van der Waals surface area (Å²) < 4.78 is 5.33. The van der Waals surface area contributed by atoms with E-state index in [1.807, 2.05) is 20.8 Å². The van der Waals surface area contributed by atoms with E-state index in [1.165, 1.54) is 0 Å². The fraction of sp³-hybridized carbons (Fsp3) is 0.867. The van der Waals surface area contributed by atoms with Gasteiger partial charge in [0, 0.05) is 24.8 Å². The number of unbranched alkanes of at least 4 members (excludes halogenated alkanes) is 1. The van der Waals surface area contributed by atoms with Crippen molar-refractivity contribution >= 4 is 27.9 Å². The largest absolute Gasteiger partial charge is 0.444 e.